The van der Waals surface area contributed by atoms with Crippen LogP contribution in [0.5, 0.6) is 0 Å². The van der Waals surface area contributed by atoms with Crippen molar-refractivity contribution in [2.45, 2.75) is 111 Å². The van der Waals surface area contributed by atoms with Gasteiger partial charge in [0.1, 0.15) is 23.1 Å². The fourth-order valence-electron chi connectivity index (χ4n) is 9.40. The molecule has 0 amide bonds. The number of Topliss-reactive ketones (excluding diaryl/α,β-unsaturated/α-hetero) is 2. The first-order valence-corrected chi connectivity index (χ1v) is 14.4. The summed E-state index contributed by atoms with van der Waals surface area (Å²) in [5.74, 6) is -2.85. The summed E-state index contributed by atoms with van der Waals surface area (Å²) >= 11 is 0. The van der Waals surface area contributed by atoms with Crippen LogP contribution in [0.2, 0.25) is 0 Å². The minimum absolute atomic E-state index is 0.0284. The molecular formula is C32H46O8. The quantitative estimate of drug-likeness (QED) is 0.265. The van der Waals surface area contributed by atoms with Crippen LogP contribution in [0, 0.1) is 39.4 Å². The predicted molar refractivity (Wildman–Crippen MR) is 148 cm³/mol. The van der Waals surface area contributed by atoms with Gasteiger partial charge in [0, 0.05) is 30.1 Å². The summed E-state index contributed by atoms with van der Waals surface area (Å²) in [6.07, 6.45) is 3.55. The summed E-state index contributed by atoms with van der Waals surface area (Å²) in [5, 5.41) is 34.0. The summed E-state index contributed by atoms with van der Waals surface area (Å²) in [4.78, 5) is 52.1. The van der Waals surface area contributed by atoms with Gasteiger partial charge in [0.05, 0.1) is 6.10 Å². The van der Waals surface area contributed by atoms with Gasteiger partial charge in [0.2, 0.25) is 0 Å². The molecule has 0 heterocycles. The van der Waals surface area contributed by atoms with Gasteiger partial charge in [-0.3, -0.25) is 19.2 Å². The molecule has 0 bridgehead atoms. The van der Waals surface area contributed by atoms with Gasteiger partial charge in [-0.1, -0.05) is 32.4 Å². The van der Waals surface area contributed by atoms with Crippen LogP contribution in [0.15, 0.2) is 23.8 Å². The molecule has 4 rings (SSSR count). The van der Waals surface area contributed by atoms with Crippen molar-refractivity contribution in [3.05, 3.63) is 23.8 Å². The Morgan fingerprint density at radius 1 is 1.05 bits per heavy atom. The fraction of sp³-hybridized carbons (Fsp3) is 0.750. The molecule has 222 valence electrons. The van der Waals surface area contributed by atoms with Crippen molar-refractivity contribution in [1.82, 2.24) is 0 Å². The molecule has 9 atom stereocenters. The Hall–Kier alpha value is -2.16. The summed E-state index contributed by atoms with van der Waals surface area (Å²) in [6.45, 7) is 15.4. The Bertz CT molecular complexity index is 1210. The van der Waals surface area contributed by atoms with E-state index >= 15 is 0 Å². The van der Waals surface area contributed by atoms with E-state index in [1.54, 1.807) is 13.8 Å². The third kappa shape index (κ3) is 4.11. The molecule has 0 aliphatic heterocycles. The molecule has 2 unspecified atom stereocenters. The maximum absolute atomic E-state index is 14.3. The lowest BCUT2D eigenvalue weighted by Gasteiger charge is -2.64. The number of fused-ring (bicyclic) bond motifs is 5. The van der Waals surface area contributed by atoms with Crippen LogP contribution in [0.1, 0.15) is 88.0 Å². The van der Waals surface area contributed by atoms with Crippen LogP contribution < -0.4 is 0 Å². The Morgan fingerprint density at radius 3 is 2.23 bits per heavy atom. The van der Waals surface area contributed by atoms with Crippen molar-refractivity contribution in [2.75, 3.05) is 0 Å². The van der Waals surface area contributed by atoms with Crippen molar-refractivity contribution in [3.63, 3.8) is 0 Å². The first-order valence-electron chi connectivity index (χ1n) is 14.4. The molecule has 40 heavy (non-hydrogen) atoms. The molecule has 3 fully saturated rings. The number of allylic oxidation sites excluding steroid dienone is 2. The smallest absolute Gasteiger partial charge is 0.303 e. The molecule has 0 aromatic heterocycles. The molecule has 4 aliphatic carbocycles. The van der Waals surface area contributed by atoms with E-state index in [-0.39, 0.29) is 36.2 Å². The second-order valence-electron chi connectivity index (χ2n) is 14.8. The zero-order valence-corrected chi connectivity index (χ0v) is 25.3. The van der Waals surface area contributed by atoms with E-state index in [1.807, 2.05) is 27.7 Å². The van der Waals surface area contributed by atoms with Crippen LogP contribution in [0.25, 0.3) is 0 Å². The number of rotatable bonds is 5. The number of hydrogen-bond acceptors (Lipinski definition) is 8. The van der Waals surface area contributed by atoms with Gasteiger partial charge in [-0.05, 0) is 88.7 Å². The number of hydrogen-bond donors (Lipinski definition) is 3. The van der Waals surface area contributed by atoms with E-state index in [1.165, 1.54) is 26.0 Å². The normalized spacial score (nSPS) is 42.4. The molecule has 3 saturated carbocycles. The van der Waals surface area contributed by atoms with E-state index in [0.717, 1.165) is 5.57 Å². The van der Waals surface area contributed by atoms with Gasteiger partial charge in [-0.25, -0.2) is 0 Å². The van der Waals surface area contributed by atoms with Gasteiger partial charge < -0.3 is 20.1 Å². The van der Waals surface area contributed by atoms with Crippen molar-refractivity contribution in [1.29, 1.82) is 0 Å². The van der Waals surface area contributed by atoms with E-state index in [4.69, 9.17) is 4.74 Å². The van der Waals surface area contributed by atoms with E-state index < -0.39 is 62.7 Å². The highest BCUT2D eigenvalue weighted by Gasteiger charge is 2.74. The lowest BCUT2D eigenvalue weighted by atomic mass is 9.38. The highest BCUT2D eigenvalue weighted by Crippen LogP contribution is 2.74. The predicted octanol–water partition coefficient (Wildman–Crippen LogP) is 3.50. The number of aliphatic hydroxyl groups excluding tert-OH is 2. The van der Waals surface area contributed by atoms with Crippen molar-refractivity contribution < 1.29 is 39.2 Å². The molecule has 3 N–H and O–H groups in total. The zero-order chi connectivity index (χ0) is 30.4. The Labute approximate surface area is 237 Å². The molecular weight excluding hydrogens is 512 g/mol. The average Bonchev–Trinajstić information content (AvgIpc) is 3.01. The minimum atomic E-state index is -1.99. The second kappa shape index (κ2) is 9.17. The van der Waals surface area contributed by atoms with Crippen LogP contribution in [-0.2, 0) is 23.9 Å². The lowest BCUT2D eigenvalue weighted by Crippen LogP contribution is -2.65. The third-order valence-corrected chi connectivity index (χ3v) is 11.5. The maximum atomic E-state index is 14.3. The largest absolute Gasteiger partial charge is 0.456 e. The fourth-order valence-corrected chi connectivity index (χ4v) is 9.40. The Kier molecular flexibility index (Phi) is 7.06. The molecule has 0 spiro atoms. The van der Waals surface area contributed by atoms with Crippen LogP contribution in [0.3, 0.4) is 0 Å². The Balaban J connectivity index is 1.75. The molecule has 0 aromatic carbocycles. The molecule has 8 heteroatoms. The van der Waals surface area contributed by atoms with Crippen LogP contribution >= 0.6 is 0 Å². The first kappa shape index (κ1) is 30.8. The summed E-state index contributed by atoms with van der Waals surface area (Å²) in [6, 6.07) is 0. The van der Waals surface area contributed by atoms with Gasteiger partial charge >= 0.3 is 5.97 Å². The molecule has 0 aromatic rings. The van der Waals surface area contributed by atoms with Crippen LogP contribution in [0.4, 0.5) is 0 Å². The highest BCUT2D eigenvalue weighted by molar-refractivity contribution is 5.98. The van der Waals surface area contributed by atoms with Crippen molar-refractivity contribution >= 4 is 23.3 Å². The summed E-state index contributed by atoms with van der Waals surface area (Å²) in [5.41, 5.74) is -5.43. The van der Waals surface area contributed by atoms with E-state index in [0.29, 0.717) is 12.8 Å². The van der Waals surface area contributed by atoms with E-state index in [9.17, 15) is 34.5 Å². The topological polar surface area (TPSA) is 138 Å². The summed E-state index contributed by atoms with van der Waals surface area (Å²) < 4.78 is 5.23. The molecule has 0 radical (unpaired) electrons. The monoisotopic (exact) mass is 558 g/mol. The van der Waals surface area contributed by atoms with Crippen LogP contribution in [-0.4, -0.2) is 62.0 Å². The molecule has 8 nitrogen and oxygen atoms in total. The van der Waals surface area contributed by atoms with Gasteiger partial charge in [-0.2, -0.15) is 0 Å². The van der Waals surface area contributed by atoms with Gasteiger partial charge in [-0.15, -0.1) is 0 Å². The van der Waals surface area contributed by atoms with E-state index in [2.05, 4.69) is 13.0 Å². The molecule has 4 aliphatic rings. The standard InChI is InChI=1S/C32H46O8/c1-17(33)40-27(2,3)13-12-23(36)32(9,39)25-21(35)15-29(6)22-11-10-18-19(14-20(34)26(38)28(18,4)5)31(22,8)24(37)16-30(25,29)7/h10,12-13,19-22,25,34-35,39H,11,14-16H2,1-9H3/b13-12+/t19-,20+,21-,22?,25?,29+,30-,31+,32+/m1/s1. The minimum Gasteiger partial charge on any atom is -0.456 e. The lowest BCUT2D eigenvalue weighted by molar-refractivity contribution is -0.183. The van der Waals surface area contributed by atoms with Crippen molar-refractivity contribution in [3.8, 4) is 0 Å². The maximum Gasteiger partial charge on any atom is 0.303 e. The SMILES string of the molecule is CC(=O)OC(C)(C)/C=C/C(=O)[C@](C)(O)C1[C@H](O)C[C@@]2(C)C3CC=C4[C@@H](C[C@H](O)C(=O)C4(C)C)[C@]3(C)C(=O)C[C@]12C. The number of carbonyl (C=O) groups excluding carboxylic acids is 4. The van der Waals surface area contributed by atoms with Crippen molar-refractivity contribution in [2.24, 2.45) is 39.4 Å². The molecule has 0 saturated heterocycles. The number of ketones is 3. The summed E-state index contributed by atoms with van der Waals surface area (Å²) in [7, 11) is 0. The second-order valence-corrected chi connectivity index (χ2v) is 14.8. The Morgan fingerprint density at radius 2 is 1.65 bits per heavy atom. The van der Waals surface area contributed by atoms with Gasteiger partial charge in [0.25, 0.3) is 0 Å². The third-order valence-electron chi connectivity index (χ3n) is 11.5. The number of ether oxygens (including phenoxy) is 1. The number of esters is 1. The zero-order valence-electron chi connectivity index (χ0n) is 25.3. The first-order chi connectivity index (χ1) is 18.1. The number of aliphatic hydroxyl groups is 3. The van der Waals surface area contributed by atoms with Gasteiger partial charge in [0.15, 0.2) is 11.6 Å². The number of carbonyl (C=O) groups is 4. The highest BCUT2D eigenvalue weighted by atomic mass is 16.6. The average molecular weight is 559 g/mol.